The molecule has 1 aliphatic carbocycles. The molecule has 0 radical (unpaired) electrons. The number of imidazole rings is 1. The Bertz CT molecular complexity index is 1310. The molecule has 2 aromatic heterocycles. The predicted molar refractivity (Wildman–Crippen MR) is 129 cm³/mol. The lowest BCUT2D eigenvalue weighted by atomic mass is 9.95. The summed E-state index contributed by atoms with van der Waals surface area (Å²) in [5.41, 5.74) is 5.46. The number of amides is 1. The molecule has 0 unspecified atom stereocenters. The molecule has 174 valence electrons. The summed E-state index contributed by atoms with van der Waals surface area (Å²) in [5.74, 6) is 0.568. The van der Waals surface area contributed by atoms with E-state index < -0.39 is 0 Å². The molecule has 1 saturated heterocycles. The third kappa shape index (κ3) is 3.73. The number of benzene rings is 2. The average molecular weight is 459 g/mol. The fourth-order valence-electron chi connectivity index (χ4n) is 5.14. The number of carbonyl (C=O) groups is 1. The fraction of sp³-hybridized carbons (Fsp3) is 0.346. The highest BCUT2D eigenvalue weighted by atomic mass is 19.1. The summed E-state index contributed by atoms with van der Waals surface area (Å²) in [6, 6.07) is 14.3. The Kier molecular flexibility index (Phi) is 5.28. The van der Waals surface area contributed by atoms with Crippen LogP contribution in [0.4, 0.5) is 10.3 Å². The number of halogens is 1. The minimum Gasteiger partial charge on any atom is -0.341 e. The zero-order chi connectivity index (χ0) is 23.1. The molecule has 2 aromatic carbocycles. The maximum absolute atomic E-state index is 13.7. The van der Waals surface area contributed by atoms with Crippen LogP contribution in [-0.4, -0.2) is 56.7 Å². The quantitative estimate of drug-likeness (QED) is 0.502. The van der Waals surface area contributed by atoms with Crippen LogP contribution >= 0.6 is 0 Å². The lowest BCUT2D eigenvalue weighted by Crippen LogP contribution is -2.36. The molecule has 6 rings (SSSR count). The highest BCUT2D eigenvalue weighted by Crippen LogP contribution is 2.28. The van der Waals surface area contributed by atoms with Crippen LogP contribution < -0.4 is 4.90 Å². The number of para-hydroxylation sites is 2. The summed E-state index contributed by atoms with van der Waals surface area (Å²) in [5, 5.41) is 4.77. The van der Waals surface area contributed by atoms with Gasteiger partial charge in [-0.2, -0.15) is 5.10 Å². The third-order valence-corrected chi connectivity index (χ3v) is 6.91. The maximum Gasteiger partial charge on any atom is 0.274 e. The van der Waals surface area contributed by atoms with Gasteiger partial charge in [-0.25, -0.2) is 14.1 Å². The Balaban J connectivity index is 1.25. The van der Waals surface area contributed by atoms with Crippen molar-refractivity contribution < 1.29 is 9.18 Å². The number of nitrogens with zero attached hydrogens (tertiary/aromatic N) is 5. The zero-order valence-corrected chi connectivity index (χ0v) is 19.0. The Morgan fingerprint density at radius 1 is 0.912 bits per heavy atom. The zero-order valence-electron chi connectivity index (χ0n) is 19.0. The molecule has 0 spiro atoms. The summed E-state index contributed by atoms with van der Waals surface area (Å²) in [4.78, 5) is 25.9. The van der Waals surface area contributed by atoms with Gasteiger partial charge in [0.05, 0.1) is 16.7 Å². The van der Waals surface area contributed by atoms with Crippen molar-refractivity contribution in [1.29, 1.82) is 0 Å². The molecule has 1 N–H and O–H groups in total. The summed E-state index contributed by atoms with van der Waals surface area (Å²) < 4.78 is 15.3. The number of carbonyl (C=O) groups excluding carboxylic acids is 1. The number of H-pyrrole nitrogens is 1. The van der Waals surface area contributed by atoms with Crippen LogP contribution in [0.1, 0.15) is 41.0 Å². The molecular weight excluding hydrogens is 431 g/mol. The minimum atomic E-state index is -0.278. The lowest BCUT2D eigenvalue weighted by Gasteiger charge is -2.22. The molecule has 1 aliphatic heterocycles. The summed E-state index contributed by atoms with van der Waals surface area (Å²) in [6.45, 7) is 2.86. The molecular formula is C26H27FN6O. The van der Waals surface area contributed by atoms with Crippen molar-refractivity contribution in [2.75, 3.05) is 31.1 Å². The number of aromatic amines is 1. The number of hydrogen-bond donors (Lipinski definition) is 1. The van der Waals surface area contributed by atoms with E-state index in [0.717, 1.165) is 72.6 Å². The molecule has 34 heavy (non-hydrogen) atoms. The molecule has 1 amide bonds. The van der Waals surface area contributed by atoms with E-state index in [1.54, 1.807) is 12.1 Å². The van der Waals surface area contributed by atoms with Crippen molar-refractivity contribution in [3.05, 3.63) is 71.3 Å². The largest absolute Gasteiger partial charge is 0.341 e. The monoisotopic (exact) mass is 458 g/mol. The summed E-state index contributed by atoms with van der Waals surface area (Å²) in [6.07, 6.45) is 4.74. The highest BCUT2D eigenvalue weighted by Gasteiger charge is 2.30. The first-order chi connectivity index (χ1) is 16.7. The number of hydrogen-bond acceptors (Lipinski definition) is 4. The van der Waals surface area contributed by atoms with Gasteiger partial charge in [0, 0.05) is 37.4 Å². The van der Waals surface area contributed by atoms with Gasteiger partial charge in [0.25, 0.3) is 5.91 Å². The van der Waals surface area contributed by atoms with E-state index in [2.05, 4.69) is 9.88 Å². The fourth-order valence-corrected chi connectivity index (χ4v) is 5.14. The van der Waals surface area contributed by atoms with Crippen LogP contribution in [0, 0.1) is 5.82 Å². The van der Waals surface area contributed by atoms with Crippen LogP contribution in [0.5, 0.6) is 0 Å². The van der Waals surface area contributed by atoms with Crippen LogP contribution in [0.25, 0.3) is 16.7 Å². The SMILES string of the molecule is O=C(c1nn(-c2ccc(F)cc2)c2c1CCCC2)N1CCCN(c2nc3ccccc3[nH]2)CC1. The second-order valence-corrected chi connectivity index (χ2v) is 9.08. The topological polar surface area (TPSA) is 70.1 Å². The number of anilines is 1. The normalized spacial score (nSPS) is 16.5. The van der Waals surface area contributed by atoms with Crippen LogP contribution in [0.3, 0.4) is 0 Å². The summed E-state index contributed by atoms with van der Waals surface area (Å²) in [7, 11) is 0. The molecule has 4 aromatic rings. The number of rotatable bonds is 3. The van der Waals surface area contributed by atoms with Gasteiger partial charge in [0.1, 0.15) is 5.82 Å². The molecule has 3 heterocycles. The van der Waals surface area contributed by atoms with Crippen LogP contribution in [0.15, 0.2) is 48.5 Å². The predicted octanol–water partition coefficient (Wildman–Crippen LogP) is 4.12. The van der Waals surface area contributed by atoms with E-state index in [1.165, 1.54) is 12.1 Å². The van der Waals surface area contributed by atoms with Gasteiger partial charge < -0.3 is 14.8 Å². The maximum atomic E-state index is 13.7. The van der Waals surface area contributed by atoms with Gasteiger partial charge in [-0.1, -0.05) is 12.1 Å². The Morgan fingerprint density at radius 3 is 2.59 bits per heavy atom. The average Bonchev–Trinajstić information content (AvgIpc) is 3.38. The van der Waals surface area contributed by atoms with Crippen molar-refractivity contribution in [3.8, 4) is 5.69 Å². The van der Waals surface area contributed by atoms with Gasteiger partial charge in [0.15, 0.2) is 5.69 Å². The first-order valence-corrected chi connectivity index (χ1v) is 12.0. The Labute approximate surface area is 197 Å². The molecule has 1 fully saturated rings. The van der Waals surface area contributed by atoms with Crippen molar-refractivity contribution in [2.24, 2.45) is 0 Å². The minimum absolute atomic E-state index is 0.00883. The number of aromatic nitrogens is 4. The van der Waals surface area contributed by atoms with Crippen molar-refractivity contribution in [1.82, 2.24) is 24.6 Å². The molecule has 0 bridgehead atoms. The summed E-state index contributed by atoms with van der Waals surface area (Å²) >= 11 is 0. The van der Waals surface area contributed by atoms with E-state index in [-0.39, 0.29) is 11.7 Å². The second-order valence-electron chi connectivity index (χ2n) is 9.08. The number of fused-ring (bicyclic) bond motifs is 2. The van der Waals surface area contributed by atoms with E-state index in [1.807, 2.05) is 33.8 Å². The van der Waals surface area contributed by atoms with E-state index in [9.17, 15) is 9.18 Å². The molecule has 2 aliphatic rings. The number of nitrogens with one attached hydrogen (secondary N) is 1. The molecule has 7 nitrogen and oxygen atoms in total. The first kappa shape index (κ1) is 20.9. The van der Waals surface area contributed by atoms with E-state index >= 15 is 0 Å². The van der Waals surface area contributed by atoms with Gasteiger partial charge in [-0.05, 0) is 68.5 Å². The van der Waals surface area contributed by atoms with Gasteiger partial charge in [0.2, 0.25) is 5.95 Å². The lowest BCUT2D eigenvalue weighted by molar-refractivity contribution is 0.0759. The van der Waals surface area contributed by atoms with Crippen molar-refractivity contribution >= 4 is 22.9 Å². The standard InChI is InChI=1S/C26H27FN6O/c27-18-10-12-19(13-11-18)33-23-9-4-1-6-20(23)24(30-33)25(34)31-14-5-15-32(17-16-31)26-28-21-7-2-3-8-22(21)29-26/h2-3,7-8,10-13H,1,4-6,9,14-17H2,(H,28,29). The van der Waals surface area contributed by atoms with Gasteiger partial charge >= 0.3 is 0 Å². The second kappa shape index (κ2) is 8.59. The van der Waals surface area contributed by atoms with E-state index in [4.69, 9.17) is 10.1 Å². The first-order valence-electron chi connectivity index (χ1n) is 12.0. The van der Waals surface area contributed by atoms with Gasteiger partial charge in [-0.3, -0.25) is 4.79 Å². The molecule has 0 saturated carbocycles. The van der Waals surface area contributed by atoms with Crippen molar-refractivity contribution in [2.45, 2.75) is 32.1 Å². The molecule has 8 heteroatoms. The Hall–Kier alpha value is -3.68. The third-order valence-electron chi connectivity index (χ3n) is 6.91. The van der Waals surface area contributed by atoms with E-state index in [0.29, 0.717) is 25.3 Å². The van der Waals surface area contributed by atoms with Crippen LogP contribution in [0.2, 0.25) is 0 Å². The highest BCUT2D eigenvalue weighted by molar-refractivity contribution is 5.94. The van der Waals surface area contributed by atoms with Crippen LogP contribution in [-0.2, 0) is 12.8 Å². The molecule has 0 atom stereocenters. The van der Waals surface area contributed by atoms with Gasteiger partial charge in [-0.15, -0.1) is 0 Å². The smallest absolute Gasteiger partial charge is 0.274 e. The Morgan fingerprint density at radius 2 is 1.74 bits per heavy atom. The van der Waals surface area contributed by atoms with Crippen molar-refractivity contribution in [3.63, 3.8) is 0 Å².